The number of rotatable bonds is 4. The van der Waals surface area contributed by atoms with Crippen LogP contribution in [0.15, 0.2) is 48.1 Å². The molecule has 2 aromatic heterocycles. The SMILES string of the molecule is Cc1ccc(Oc2ccc(NC(=O)c3scnc3C)cn2)cc1. The number of amides is 1. The van der Waals surface area contributed by atoms with Gasteiger partial charge in [-0.25, -0.2) is 9.97 Å². The zero-order chi connectivity index (χ0) is 16.2. The Morgan fingerprint density at radius 2 is 1.87 bits per heavy atom. The summed E-state index contributed by atoms with van der Waals surface area (Å²) in [7, 11) is 0. The molecule has 1 aromatic carbocycles. The second kappa shape index (κ2) is 6.58. The van der Waals surface area contributed by atoms with Crippen LogP contribution in [0.3, 0.4) is 0 Å². The quantitative estimate of drug-likeness (QED) is 0.781. The summed E-state index contributed by atoms with van der Waals surface area (Å²) in [5.41, 5.74) is 4.15. The fraction of sp³-hybridized carbons (Fsp3) is 0.118. The summed E-state index contributed by atoms with van der Waals surface area (Å²) in [5, 5.41) is 2.80. The van der Waals surface area contributed by atoms with Crippen molar-refractivity contribution in [2.24, 2.45) is 0 Å². The lowest BCUT2D eigenvalue weighted by molar-refractivity contribution is 0.102. The highest BCUT2D eigenvalue weighted by atomic mass is 32.1. The van der Waals surface area contributed by atoms with Crippen LogP contribution in [0.5, 0.6) is 11.6 Å². The third-order valence-corrected chi connectivity index (χ3v) is 4.12. The molecule has 1 amide bonds. The van der Waals surface area contributed by atoms with Gasteiger partial charge >= 0.3 is 0 Å². The monoisotopic (exact) mass is 325 g/mol. The molecule has 0 aliphatic carbocycles. The topological polar surface area (TPSA) is 64.1 Å². The highest BCUT2D eigenvalue weighted by molar-refractivity contribution is 7.12. The molecule has 6 heteroatoms. The van der Waals surface area contributed by atoms with E-state index in [4.69, 9.17) is 4.74 Å². The highest BCUT2D eigenvalue weighted by Gasteiger charge is 2.12. The largest absolute Gasteiger partial charge is 0.439 e. The maximum atomic E-state index is 12.1. The normalized spacial score (nSPS) is 10.3. The van der Waals surface area contributed by atoms with Gasteiger partial charge in [-0.1, -0.05) is 17.7 Å². The Bertz CT molecular complexity index is 811. The molecule has 116 valence electrons. The Morgan fingerprint density at radius 3 is 2.48 bits per heavy atom. The minimum atomic E-state index is -0.181. The maximum Gasteiger partial charge on any atom is 0.267 e. The van der Waals surface area contributed by atoms with Crippen molar-refractivity contribution in [1.82, 2.24) is 9.97 Å². The van der Waals surface area contributed by atoms with Crippen molar-refractivity contribution in [3.8, 4) is 11.6 Å². The summed E-state index contributed by atoms with van der Waals surface area (Å²) in [4.78, 5) is 21.0. The van der Waals surface area contributed by atoms with Crippen LogP contribution in [-0.2, 0) is 0 Å². The van der Waals surface area contributed by atoms with Crippen LogP contribution in [-0.4, -0.2) is 15.9 Å². The van der Waals surface area contributed by atoms with E-state index in [2.05, 4.69) is 15.3 Å². The minimum Gasteiger partial charge on any atom is -0.439 e. The van der Waals surface area contributed by atoms with Gasteiger partial charge in [-0.05, 0) is 32.0 Å². The number of carbonyl (C=O) groups excluding carboxylic acids is 1. The van der Waals surface area contributed by atoms with Crippen LogP contribution in [0.25, 0.3) is 0 Å². The number of carbonyl (C=O) groups is 1. The van der Waals surface area contributed by atoms with E-state index in [-0.39, 0.29) is 5.91 Å². The first-order valence-electron chi connectivity index (χ1n) is 7.04. The number of aryl methyl sites for hydroxylation is 2. The predicted molar refractivity (Wildman–Crippen MR) is 90.3 cm³/mol. The molecule has 0 spiro atoms. The van der Waals surface area contributed by atoms with Crippen LogP contribution in [0, 0.1) is 13.8 Å². The summed E-state index contributed by atoms with van der Waals surface area (Å²) in [5.74, 6) is 1.01. The number of ether oxygens (including phenoxy) is 1. The van der Waals surface area contributed by atoms with E-state index in [1.807, 2.05) is 38.1 Å². The van der Waals surface area contributed by atoms with E-state index in [0.717, 1.165) is 11.4 Å². The van der Waals surface area contributed by atoms with Crippen molar-refractivity contribution in [2.45, 2.75) is 13.8 Å². The number of hydrogen-bond acceptors (Lipinski definition) is 5. The third-order valence-electron chi connectivity index (χ3n) is 3.19. The Morgan fingerprint density at radius 1 is 1.09 bits per heavy atom. The summed E-state index contributed by atoms with van der Waals surface area (Å²) < 4.78 is 5.65. The summed E-state index contributed by atoms with van der Waals surface area (Å²) in [6.45, 7) is 3.83. The molecule has 23 heavy (non-hydrogen) atoms. The van der Waals surface area contributed by atoms with Gasteiger partial charge in [-0.3, -0.25) is 4.79 Å². The van der Waals surface area contributed by atoms with E-state index in [1.54, 1.807) is 23.8 Å². The third kappa shape index (κ3) is 3.73. The van der Waals surface area contributed by atoms with Crippen LogP contribution < -0.4 is 10.1 Å². The molecule has 0 atom stereocenters. The highest BCUT2D eigenvalue weighted by Crippen LogP contribution is 2.21. The average Bonchev–Trinajstić information content (AvgIpc) is 2.98. The first-order chi connectivity index (χ1) is 11.1. The number of pyridine rings is 1. The molecule has 0 saturated carbocycles. The molecule has 0 aliphatic heterocycles. The molecule has 1 N–H and O–H groups in total. The molecule has 3 rings (SSSR count). The number of anilines is 1. The molecule has 5 nitrogen and oxygen atoms in total. The number of aromatic nitrogens is 2. The molecule has 0 aliphatic rings. The first kappa shape index (κ1) is 15.2. The predicted octanol–water partition coefficient (Wildman–Crippen LogP) is 4.20. The van der Waals surface area contributed by atoms with Crippen molar-refractivity contribution in [2.75, 3.05) is 5.32 Å². The Balaban J connectivity index is 1.66. The summed E-state index contributed by atoms with van der Waals surface area (Å²) in [6, 6.07) is 11.2. The van der Waals surface area contributed by atoms with Gasteiger partial charge in [-0.2, -0.15) is 0 Å². The van der Waals surface area contributed by atoms with Gasteiger partial charge in [0.1, 0.15) is 10.6 Å². The van der Waals surface area contributed by atoms with Gasteiger partial charge in [0.15, 0.2) is 0 Å². The number of benzene rings is 1. The number of nitrogens with one attached hydrogen (secondary N) is 1. The van der Waals surface area contributed by atoms with Crippen LogP contribution >= 0.6 is 11.3 Å². The molecular weight excluding hydrogens is 310 g/mol. The van der Waals surface area contributed by atoms with Crippen molar-refractivity contribution < 1.29 is 9.53 Å². The fourth-order valence-corrected chi connectivity index (χ4v) is 2.65. The van der Waals surface area contributed by atoms with Gasteiger partial charge in [0.05, 0.1) is 23.1 Å². The summed E-state index contributed by atoms with van der Waals surface area (Å²) >= 11 is 1.31. The van der Waals surface area contributed by atoms with E-state index < -0.39 is 0 Å². The van der Waals surface area contributed by atoms with Crippen LogP contribution in [0.4, 0.5) is 5.69 Å². The second-order valence-corrected chi connectivity index (χ2v) is 5.88. The minimum absolute atomic E-state index is 0.181. The number of thiazole rings is 1. The van der Waals surface area contributed by atoms with Gasteiger partial charge in [0.25, 0.3) is 5.91 Å². The Kier molecular flexibility index (Phi) is 4.34. The molecule has 3 aromatic rings. The van der Waals surface area contributed by atoms with Crippen molar-refractivity contribution in [3.05, 3.63) is 64.2 Å². The zero-order valence-electron chi connectivity index (χ0n) is 12.7. The Labute approximate surface area is 138 Å². The van der Waals surface area contributed by atoms with E-state index in [0.29, 0.717) is 16.4 Å². The smallest absolute Gasteiger partial charge is 0.267 e. The lowest BCUT2D eigenvalue weighted by Crippen LogP contribution is -2.11. The van der Waals surface area contributed by atoms with Crippen molar-refractivity contribution in [3.63, 3.8) is 0 Å². The van der Waals surface area contributed by atoms with Gasteiger partial charge in [0, 0.05) is 6.07 Å². The maximum absolute atomic E-state index is 12.1. The molecule has 0 radical (unpaired) electrons. The molecule has 0 unspecified atom stereocenters. The van der Waals surface area contributed by atoms with Gasteiger partial charge in [0.2, 0.25) is 5.88 Å². The molecule has 0 saturated heterocycles. The number of nitrogens with zero attached hydrogens (tertiary/aromatic N) is 2. The lowest BCUT2D eigenvalue weighted by Gasteiger charge is -2.07. The summed E-state index contributed by atoms with van der Waals surface area (Å²) in [6.07, 6.45) is 1.57. The molecule has 0 fully saturated rings. The molecule has 0 bridgehead atoms. The van der Waals surface area contributed by atoms with E-state index >= 15 is 0 Å². The number of hydrogen-bond donors (Lipinski definition) is 1. The van der Waals surface area contributed by atoms with E-state index in [9.17, 15) is 4.79 Å². The zero-order valence-corrected chi connectivity index (χ0v) is 13.6. The van der Waals surface area contributed by atoms with Crippen molar-refractivity contribution in [1.29, 1.82) is 0 Å². The van der Waals surface area contributed by atoms with Crippen LogP contribution in [0.1, 0.15) is 20.9 Å². The van der Waals surface area contributed by atoms with Gasteiger partial charge in [-0.15, -0.1) is 11.3 Å². The average molecular weight is 325 g/mol. The first-order valence-corrected chi connectivity index (χ1v) is 7.92. The Hall–Kier alpha value is -2.73. The lowest BCUT2D eigenvalue weighted by atomic mass is 10.2. The fourth-order valence-electron chi connectivity index (χ4n) is 1.95. The molecule has 2 heterocycles. The van der Waals surface area contributed by atoms with Gasteiger partial charge < -0.3 is 10.1 Å². The van der Waals surface area contributed by atoms with Crippen molar-refractivity contribution >= 4 is 22.9 Å². The second-order valence-electron chi connectivity index (χ2n) is 5.02. The van der Waals surface area contributed by atoms with Crippen LogP contribution in [0.2, 0.25) is 0 Å². The standard InChI is InChI=1S/C17H15N3O2S/c1-11-3-6-14(7-4-11)22-15-8-5-13(9-18-15)20-17(21)16-12(2)19-10-23-16/h3-10H,1-2H3,(H,20,21). The molecular formula is C17H15N3O2S. The van der Waals surface area contributed by atoms with E-state index in [1.165, 1.54) is 16.9 Å².